The van der Waals surface area contributed by atoms with Gasteiger partial charge in [-0.2, -0.15) is 4.98 Å². The van der Waals surface area contributed by atoms with Gasteiger partial charge in [0.25, 0.3) is 5.89 Å². The first-order valence-corrected chi connectivity index (χ1v) is 5.94. The lowest BCUT2D eigenvalue weighted by Gasteiger charge is -2.11. The minimum absolute atomic E-state index is 0.279. The van der Waals surface area contributed by atoms with Crippen molar-refractivity contribution < 1.29 is 14.0 Å². The van der Waals surface area contributed by atoms with Crippen LogP contribution < -0.4 is 5.73 Å². The van der Waals surface area contributed by atoms with Crippen LogP contribution in [0.25, 0.3) is 0 Å². The molecule has 0 amide bonds. The van der Waals surface area contributed by atoms with Crippen molar-refractivity contribution in [2.45, 2.75) is 12.2 Å². The molecule has 0 bridgehead atoms. The molecule has 6 heteroatoms. The van der Waals surface area contributed by atoms with Crippen LogP contribution in [-0.4, -0.2) is 30.9 Å². The second-order valence-electron chi connectivity index (χ2n) is 3.98. The second kappa shape index (κ2) is 6.42. The van der Waals surface area contributed by atoms with Crippen LogP contribution in [0.2, 0.25) is 0 Å². The SMILES string of the molecule is COC(CN)c1nc(C(OC)c2ccccc2)no1. The van der Waals surface area contributed by atoms with Crippen LogP contribution in [-0.2, 0) is 9.47 Å². The molecule has 19 heavy (non-hydrogen) atoms. The quantitative estimate of drug-likeness (QED) is 0.849. The number of hydrogen-bond donors (Lipinski definition) is 1. The molecule has 6 nitrogen and oxygen atoms in total. The van der Waals surface area contributed by atoms with Gasteiger partial charge in [0.1, 0.15) is 12.2 Å². The van der Waals surface area contributed by atoms with Gasteiger partial charge in [-0.15, -0.1) is 0 Å². The molecule has 0 radical (unpaired) electrons. The van der Waals surface area contributed by atoms with Crippen LogP contribution in [0.3, 0.4) is 0 Å². The molecular weight excluding hydrogens is 246 g/mol. The Morgan fingerprint density at radius 1 is 1.21 bits per heavy atom. The maximum Gasteiger partial charge on any atom is 0.257 e. The van der Waals surface area contributed by atoms with Gasteiger partial charge < -0.3 is 19.7 Å². The molecular formula is C13H17N3O3. The summed E-state index contributed by atoms with van der Waals surface area (Å²) in [7, 11) is 3.15. The lowest BCUT2D eigenvalue weighted by molar-refractivity contribution is 0.0803. The van der Waals surface area contributed by atoms with E-state index in [0.717, 1.165) is 5.56 Å². The van der Waals surface area contributed by atoms with E-state index < -0.39 is 6.10 Å². The Bertz CT molecular complexity index is 497. The average molecular weight is 263 g/mol. The van der Waals surface area contributed by atoms with Crippen molar-refractivity contribution in [2.75, 3.05) is 20.8 Å². The predicted molar refractivity (Wildman–Crippen MR) is 68.4 cm³/mol. The number of benzene rings is 1. The maximum absolute atomic E-state index is 5.56. The highest BCUT2D eigenvalue weighted by Crippen LogP contribution is 2.24. The molecule has 102 valence electrons. The van der Waals surface area contributed by atoms with Gasteiger partial charge in [-0.3, -0.25) is 0 Å². The molecule has 0 fully saturated rings. The van der Waals surface area contributed by atoms with Crippen LogP contribution in [0.4, 0.5) is 0 Å². The van der Waals surface area contributed by atoms with Gasteiger partial charge in [-0.05, 0) is 5.56 Å². The number of aromatic nitrogens is 2. The third-order valence-corrected chi connectivity index (χ3v) is 2.80. The Kier molecular flexibility index (Phi) is 4.62. The molecule has 0 aliphatic carbocycles. The summed E-state index contributed by atoms with van der Waals surface area (Å²) in [5, 5.41) is 3.93. The van der Waals surface area contributed by atoms with Crippen LogP contribution >= 0.6 is 0 Å². The van der Waals surface area contributed by atoms with Gasteiger partial charge in [0.05, 0.1) is 0 Å². The predicted octanol–water partition coefficient (Wildman–Crippen LogP) is 1.45. The van der Waals surface area contributed by atoms with E-state index >= 15 is 0 Å². The van der Waals surface area contributed by atoms with Crippen molar-refractivity contribution >= 4 is 0 Å². The first-order chi connectivity index (χ1) is 9.30. The Morgan fingerprint density at radius 3 is 2.53 bits per heavy atom. The molecule has 0 aliphatic heterocycles. The zero-order chi connectivity index (χ0) is 13.7. The van der Waals surface area contributed by atoms with Crippen molar-refractivity contribution in [1.82, 2.24) is 10.1 Å². The van der Waals surface area contributed by atoms with Gasteiger partial charge in [-0.1, -0.05) is 35.5 Å². The van der Waals surface area contributed by atoms with E-state index in [9.17, 15) is 0 Å². The molecule has 2 aromatic rings. The molecule has 2 rings (SSSR count). The Labute approximate surface area is 111 Å². The van der Waals surface area contributed by atoms with Crippen molar-refractivity contribution in [2.24, 2.45) is 5.73 Å². The smallest absolute Gasteiger partial charge is 0.257 e. The van der Waals surface area contributed by atoms with E-state index in [4.69, 9.17) is 19.7 Å². The van der Waals surface area contributed by atoms with Gasteiger partial charge in [0, 0.05) is 20.8 Å². The number of rotatable bonds is 6. The largest absolute Gasteiger partial charge is 0.370 e. The Hall–Kier alpha value is -1.76. The van der Waals surface area contributed by atoms with Crippen molar-refractivity contribution in [1.29, 1.82) is 0 Å². The third kappa shape index (κ3) is 2.98. The number of ether oxygens (including phenoxy) is 2. The van der Waals surface area contributed by atoms with E-state index in [1.54, 1.807) is 14.2 Å². The first-order valence-electron chi connectivity index (χ1n) is 5.94. The van der Waals surface area contributed by atoms with E-state index in [1.807, 2.05) is 30.3 Å². The fourth-order valence-corrected chi connectivity index (χ4v) is 1.80. The highest BCUT2D eigenvalue weighted by Gasteiger charge is 2.23. The number of nitrogens with two attached hydrogens (primary N) is 1. The minimum Gasteiger partial charge on any atom is -0.370 e. The van der Waals surface area contributed by atoms with E-state index in [0.29, 0.717) is 11.7 Å². The lowest BCUT2D eigenvalue weighted by Crippen LogP contribution is -2.14. The van der Waals surface area contributed by atoms with E-state index in [2.05, 4.69) is 10.1 Å². The van der Waals surface area contributed by atoms with Gasteiger partial charge in [0.2, 0.25) is 5.82 Å². The fourth-order valence-electron chi connectivity index (χ4n) is 1.80. The zero-order valence-corrected chi connectivity index (χ0v) is 10.9. The summed E-state index contributed by atoms with van der Waals surface area (Å²) in [6.07, 6.45) is -0.761. The molecule has 0 saturated heterocycles. The molecule has 0 spiro atoms. The standard InChI is InChI=1S/C13H17N3O3/c1-17-10(8-14)13-15-12(16-19-13)11(18-2)9-6-4-3-5-7-9/h3-7,10-11H,8,14H2,1-2H3. The summed E-state index contributed by atoms with van der Waals surface area (Å²) in [6.45, 7) is 0.279. The third-order valence-electron chi connectivity index (χ3n) is 2.80. The number of nitrogens with zero attached hydrogens (tertiary/aromatic N) is 2. The Morgan fingerprint density at radius 2 is 1.95 bits per heavy atom. The molecule has 0 saturated carbocycles. The lowest BCUT2D eigenvalue weighted by atomic mass is 10.1. The van der Waals surface area contributed by atoms with Crippen LogP contribution in [0.5, 0.6) is 0 Å². The van der Waals surface area contributed by atoms with Crippen LogP contribution in [0.15, 0.2) is 34.9 Å². The van der Waals surface area contributed by atoms with Gasteiger partial charge in [-0.25, -0.2) is 0 Å². The first kappa shape index (κ1) is 13.7. The number of hydrogen-bond acceptors (Lipinski definition) is 6. The van der Waals surface area contributed by atoms with Gasteiger partial charge >= 0.3 is 0 Å². The highest BCUT2D eigenvalue weighted by atomic mass is 16.5. The van der Waals surface area contributed by atoms with Crippen LogP contribution in [0.1, 0.15) is 29.5 Å². The molecule has 2 atom stereocenters. The summed E-state index contributed by atoms with van der Waals surface area (Å²) in [5.74, 6) is 0.817. The second-order valence-corrected chi connectivity index (χ2v) is 3.98. The highest BCUT2D eigenvalue weighted by molar-refractivity contribution is 5.22. The molecule has 1 aromatic carbocycles. The summed E-state index contributed by atoms with van der Waals surface area (Å²) < 4.78 is 15.7. The molecule has 2 unspecified atom stereocenters. The number of methoxy groups -OCH3 is 2. The van der Waals surface area contributed by atoms with Gasteiger partial charge in [0.15, 0.2) is 0 Å². The Balaban J connectivity index is 2.25. The van der Waals surface area contributed by atoms with Crippen molar-refractivity contribution in [3.8, 4) is 0 Å². The van der Waals surface area contributed by atoms with Crippen molar-refractivity contribution in [3.63, 3.8) is 0 Å². The monoisotopic (exact) mass is 263 g/mol. The zero-order valence-electron chi connectivity index (χ0n) is 10.9. The van der Waals surface area contributed by atoms with Crippen LogP contribution in [0, 0.1) is 0 Å². The average Bonchev–Trinajstić information content (AvgIpc) is 2.92. The molecule has 0 aliphatic rings. The maximum atomic E-state index is 5.56. The molecule has 2 N–H and O–H groups in total. The molecule has 1 heterocycles. The topological polar surface area (TPSA) is 83.4 Å². The van der Waals surface area contributed by atoms with Crippen molar-refractivity contribution in [3.05, 3.63) is 47.6 Å². The van der Waals surface area contributed by atoms with E-state index in [1.165, 1.54) is 0 Å². The summed E-state index contributed by atoms with van der Waals surface area (Å²) in [5.41, 5.74) is 6.52. The molecule has 1 aromatic heterocycles. The van der Waals surface area contributed by atoms with E-state index in [-0.39, 0.29) is 12.6 Å². The fraction of sp³-hybridized carbons (Fsp3) is 0.385. The normalized spacial score (nSPS) is 14.3. The minimum atomic E-state index is -0.394. The summed E-state index contributed by atoms with van der Waals surface area (Å²) in [6, 6.07) is 9.69. The summed E-state index contributed by atoms with van der Waals surface area (Å²) in [4.78, 5) is 4.29. The summed E-state index contributed by atoms with van der Waals surface area (Å²) >= 11 is 0.